The van der Waals surface area contributed by atoms with Crippen LogP contribution in [0.2, 0.25) is 0 Å². The fourth-order valence-corrected chi connectivity index (χ4v) is 2.82. The predicted molar refractivity (Wildman–Crippen MR) is 99.3 cm³/mol. The highest BCUT2D eigenvalue weighted by molar-refractivity contribution is 7.99. The van der Waals surface area contributed by atoms with Crippen molar-refractivity contribution in [3.05, 3.63) is 0 Å². The number of hydrogen-bond donors (Lipinski definition) is 2. The fourth-order valence-electron chi connectivity index (χ4n) is 1.98. The van der Waals surface area contributed by atoms with Crippen molar-refractivity contribution < 1.29 is 19.8 Å². The number of aliphatic carboxylic acids is 2. The maximum absolute atomic E-state index is 9.97. The lowest BCUT2D eigenvalue weighted by atomic mass is 10.1. The highest BCUT2D eigenvalue weighted by Crippen LogP contribution is 2.09. The minimum Gasteiger partial charge on any atom is -0.481 e. The van der Waals surface area contributed by atoms with Gasteiger partial charge in [-0.05, 0) is 0 Å². The topological polar surface area (TPSA) is 74.6 Å². The number of rotatable bonds is 15. The average Bonchev–Trinajstić information content (AvgIpc) is 2.50. The van der Waals surface area contributed by atoms with Crippen molar-refractivity contribution in [1.82, 2.24) is 0 Å². The molecule has 5 heteroatoms. The lowest BCUT2D eigenvalue weighted by Crippen LogP contribution is -1.99. The fraction of sp³-hybridized carbons (Fsp3) is 0.889. The smallest absolute Gasteiger partial charge is 0.304 e. The molecule has 0 aromatic rings. The molecule has 0 bridgehead atoms. The van der Waals surface area contributed by atoms with E-state index in [-0.39, 0.29) is 12.8 Å². The van der Waals surface area contributed by atoms with E-state index in [0.717, 1.165) is 0 Å². The third kappa shape index (κ3) is 29.9. The van der Waals surface area contributed by atoms with E-state index < -0.39 is 11.9 Å². The highest BCUT2D eigenvalue weighted by Gasteiger charge is 1.98. The van der Waals surface area contributed by atoms with Gasteiger partial charge in [0.15, 0.2) is 0 Å². The van der Waals surface area contributed by atoms with Crippen LogP contribution in [0.1, 0.15) is 90.9 Å². The number of thioether (sulfide) groups is 1. The summed E-state index contributed by atoms with van der Waals surface area (Å²) >= 11 is 1.35. The second-order valence-corrected chi connectivity index (χ2v) is 6.95. The van der Waals surface area contributed by atoms with Gasteiger partial charge in [0.05, 0.1) is 12.8 Å². The van der Waals surface area contributed by atoms with Gasteiger partial charge < -0.3 is 10.2 Å². The molecule has 0 amide bonds. The highest BCUT2D eigenvalue weighted by atomic mass is 32.2. The zero-order chi connectivity index (χ0) is 17.8. The zero-order valence-electron chi connectivity index (χ0n) is 15.0. The van der Waals surface area contributed by atoms with Gasteiger partial charge in [-0.3, -0.25) is 9.59 Å². The van der Waals surface area contributed by atoms with Crippen molar-refractivity contribution in [3.8, 4) is 0 Å². The quantitative estimate of drug-likeness (QED) is 0.377. The van der Waals surface area contributed by atoms with Crippen LogP contribution in [-0.2, 0) is 9.59 Å². The molecule has 0 unspecified atom stereocenters. The molecule has 0 saturated carbocycles. The molecule has 0 aliphatic heterocycles. The van der Waals surface area contributed by atoms with Gasteiger partial charge in [-0.25, -0.2) is 0 Å². The summed E-state index contributed by atoms with van der Waals surface area (Å²) in [6.45, 7) is 4.56. The van der Waals surface area contributed by atoms with Crippen LogP contribution < -0.4 is 0 Å². The van der Waals surface area contributed by atoms with Gasteiger partial charge in [-0.1, -0.05) is 78.1 Å². The molecule has 0 heterocycles. The summed E-state index contributed by atoms with van der Waals surface area (Å²) in [5, 5.41) is 16.4. The zero-order valence-corrected chi connectivity index (χ0v) is 15.8. The second kappa shape index (κ2) is 21.3. The summed E-state index contributed by atoms with van der Waals surface area (Å²) in [5.74, 6) is -0.703. The molecular formula is C18H36O4S. The summed E-state index contributed by atoms with van der Waals surface area (Å²) in [6.07, 6.45) is 14.6. The van der Waals surface area contributed by atoms with Gasteiger partial charge in [0.2, 0.25) is 0 Å². The molecule has 0 atom stereocenters. The van der Waals surface area contributed by atoms with Crippen molar-refractivity contribution in [3.63, 3.8) is 0 Å². The van der Waals surface area contributed by atoms with Gasteiger partial charge in [0, 0.05) is 11.5 Å². The van der Waals surface area contributed by atoms with E-state index in [0.29, 0.717) is 11.5 Å². The molecule has 0 fully saturated rings. The molecule has 2 N–H and O–H groups in total. The van der Waals surface area contributed by atoms with E-state index in [2.05, 4.69) is 13.8 Å². The van der Waals surface area contributed by atoms with Gasteiger partial charge >= 0.3 is 11.9 Å². The number of carbonyl (C=O) groups is 2. The van der Waals surface area contributed by atoms with Gasteiger partial charge in [-0.15, -0.1) is 0 Å². The van der Waals surface area contributed by atoms with Crippen LogP contribution >= 0.6 is 11.8 Å². The van der Waals surface area contributed by atoms with Crippen molar-refractivity contribution in [2.45, 2.75) is 90.9 Å². The number of carboxylic acid groups (broad SMARTS) is 2. The van der Waals surface area contributed by atoms with Crippen LogP contribution in [0.25, 0.3) is 0 Å². The van der Waals surface area contributed by atoms with E-state index >= 15 is 0 Å². The third-order valence-corrected chi connectivity index (χ3v) is 4.36. The summed E-state index contributed by atoms with van der Waals surface area (Å²) in [5.41, 5.74) is 0. The molecule has 0 aliphatic rings. The first-order valence-electron chi connectivity index (χ1n) is 9.05. The minimum absolute atomic E-state index is 0.101. The Kier molecular flexibility index (Phi) is 22.7. The van der Waals surface area contributed by atoms with Crippen molar-refractivity contribution in [1.29, 1.82) is 0 Å². The lowest BCUT2D eigenvalue weighted by molar-refractivity contribution is -0.137. The number of hydrogen-bond acceptors (Lipinski definition) is 3. The Morgan fingerprint density at radius 1 is 0.652 bits per heavy atom. The summed E-state index contributed by atoms with van der Waals surface area (Å²) in [4.78, 5) is 19.9. The van der Waals surface area contributed by atoms with Crippen LogP contribution in [0.4, 0.5) is 0 Å². The molecule has 0 saturated heterocycles. The van der Waals surface area contributed by atoms with Gasteiger partial charge in [0.1, 0.15) is 0 Å². The summed E-state index contributed by atoms with van der Waals surface area (Å²) in [7, 11) is 0. The number of carboxylic acids is 2. The summed E-state index contributed by atoms with van der Waals surface area (Å²) < 4.78 is 0. The molecular weight excluding hydrogens is 312 g/mol. The first-order chi connectivity index (χ1) is 11.0. The Bertz CT molecular complexity index is 244. The molecule has 4 nitrogen and oxygen atoms in total. The average molecular weight is 349 g/mol. The van der Waals surface area contributed by atoms with Crippen LogP contribution in [0.15, 0.2) is 0 Å². The maximum Gasteiger partial charge on any atom is 0.304 e. The molecule has 23 heavy (non-hydrogen) atoms. The largest absolute Gasteiger partial charge is 0.481 e. The van der Waals surface area contributed by atoms with Crippen LogP contribution in [-0.4, -0.2) is 33.7 Å². The molecule has 0 radical (unpaired) electrons. The number of unbranched alkanes of at least 4 members (excludes halogenated alkanes) is 9. The van der Waals surface area contributed by atoms with Crippen molar-refractivity contribution >= 4 is 23.7 Å². The first kappa shape index (κ1) is 24.5. The Morgan fingerprint density at radius 3 is 1.22 bits per heavy atom. The normalized spacial score (nSPS) is 10.0. The van der Waals surface area contributed by atoms with E-state index in [1.54, 1.807) is 0 Å². The SMILES string of the molecule is CCCCCCCCCCCC.O=C(O)CCSCCC(=O)O. The molecule has 0 rings (SSSR count). The van der Waals surface area contributed by atoms with E-state index in [4.69, 9.17) is 10.2 Å². The van der Waals surface area contributed by atoms with Crippen LogP contribution in [0.3, 0.4) is 0 Å². The molecule has 0 aliphatic carbocycles. The summed E-state index contributed by atoms with van der Waals surface area (Å²) in [6, 6.07) is 0. The third-order valence-electron chi connectivity index (χ3n) is 3.38. The van der Waals surface area contributed by atoms with Crippen molar-refractivity contribution in [2.24, 2.45) is 0 Å². The van der Waals surface area contributed by atoms with Gasteiger partial charge in [0.25, 0.3) is 0 Å². The Balaban J connectivity index is 0. The van der Waals surface area contributed by atoms with Gasteiger partial charge in [-0.2, -0.15) is 11.8 Å². The monoisotopic (exact) mass is 348 g/mol. The molecule has 0 spiro atoms. The molecule has 0 aromatic carbocycles. The lowest BCUT2D eigenvalue weighted by Gasteiger charge is -1.99. The Hall–Kier alpha value is -0.710. The maximum atomic E-state index is 9.97. The van der Waals surface area contributed by atoms with E-state index in [1.807, 2.05) is 0 Å². The van der Waals surface area contributed by atoms with Crippen LogP contribution in [0.5, 0.6) is 0 Å². The predicted octanol–water partition coefficient (Wildman–Crippen LogP) is 5.60. The standard InChI is InChI=1S/C12H26.C6H10O4S/c1-3-5-7-9-11-12-10-8-6-4-2;7-5(8)1-3-11-4-2-6(9)10/h3-12H2,1-2H3;1-4H2,(H,7,8)(H,9,10). The Labute approximate surface area is 146 Å². The molecule has 0 aromatic heterocycles. The molecule has 138 valence electrons. The Morgan fingerprint density at radius 2 is 0.957 bits per heavy atom. The van der Waals surface area contributed by atoms with E-state index in [9.17, 15) is 9.59 Å². The minimum atomic E-state index is -0.840. The van der Waals surface area contributed by atoms with E-state index in [1.165, 1.54) is 76.0 Å². The van der Waals surface area contributed by atoms with Crippen molar-refractivity contribution in [2.75, 3.05) is 11.5 Å². The first-order valence-corrected chi connectivity index (χ1v) is 10.2. The van der Waals surface area contributed by atoms with Crippen LogP contribution in [0, 0.1) is 0 Å². The second-order valence-electron chi connectivity index (χ2n) is 5.73.